The molecule has 0 unspecified atom stereocenters. The van der Waals surface area contributed by atoms with Gasteiger partial charge in [-0.05, 0) is 30.9 Å². The zero-order valence-corrected chi connectivity index (χ0v) is 12.8. The van der Waals surface area contributed by atoms with E-state index >= 15 is 0 Å². The van der Waals surface area contributed by atoms with Crippen LogP contribution < -0.4 is 4.72 Å². The lowest BCUT2D eigenvalue weighted by Gasteiger charge is -2.31. The van der Waals surface area contributed by atoms with Gasteiger partial charge in [0.1, 0.15) is 4.90 Å². The van der Waals surface area contributed by atoms with E-state index in [0.29, 0.717) is 12.8 Å². The molecule has 4 nitrogen and oxygen atoms in total. The highest BCUT2D eigenvalue weighted by Gasteiger charge is 2.29. The molecule has 2 rings (SSSR count). The van der Waals surface area contributed by atoms with Crippen LogP contribution in [0.3, 0.4) is 0 Å². The van der Waals surface area contributed by atoms with Gasteiger partial charge in [-0.3, -0.25) is 0 Å². The average Bonchev–Trinajstić information content (AvgIpc) is 2.20. The molecule has 0 bridgehead atoms. The number of benzene rings is 1. The maximum atomic E-state index is 12.1. The highest BCUT2D eigenvalue weighted by Crippen LogP contribution is 2.33. The first-order valence-corrected chi connectivity index (χ1v) is 8.23. The maximum Gasteiger partial charge on any atom is 0.243 e. The van der Waals surface area contributed by atoms with Gasteiger partial charge in [-0.2, -0.15) is 0 Å². The lowest BCUT2D eigenvalue weighted by atomic mass is 9.83. The van der Waals surface area contributed by atoms with Crippen LogP contribution in [0.25, 0.3) is 0 Å². The molecule has 0 spiro atoms. The lowest BCUT2D eigenvalue weighted by Crippen LogP contribution is -2.38. The van der Waals surface area contributed by atoms with Crippen molar-refractivity contribution in [1.29, 1.82) is 0 Å². The first-order valence-electron chi connectivity index (χ1n) is 5.62. The number of aliphatic hydroxyl groups is 1. The van der Waals surface area contributed by atoms with Gasteiger partial charge >= 0.3 is 0 Å². The van der Waals surface area contributed by atoms with Crippen molar-refractivity contribution in [3.8, 4) is 0 Å². The van der Waals surface area contributed by atoms with Gasteiger partial charge in [0.05, 0.1) is 16.1 Å². The smallest absolute Gasteiger partial charge is 0.243 e. The summed E-state index contributed by atoms with van der Waals surface area (Å²) < 4.78 is 26.7. The third-order valence-electron chi connectivity index (χ3n) is 3.00. The highest BCUT2D eigenvalue weighted by molar-refractivity contribution is 7.89. The first kappa shape index (κ1) is 15.4. The Hall–Kier alpha value is -0.0400. The standard InChI is InChI=1S/C11H12Cl3NO3S/c12-7-3-9(13)11(10(14)4-7)19(17,18)15-5-6-1-8(16)2-6/h3-4,6,8,15-16H,1-2,5H2. The van der Waals surface area contributed by atoms with E-state index in [-0.39, 0.29) is 38.5 Å². The van der Waals surface area contributed by atoms with Crippen LogP contribution >= 0.6 is 34.8 Å². The van der Waals surface area contributed by atoms with Crippen molar-refractivity contribution in [3.63, 3.8) is 0 Å². The second-order valence-electron chi connectivity index (χ2n) is 4.54. The van der Waals surface area contributed by atoms with Crippen LogP contribution in [0.4, 0.5) is 0 Å². The molecular weight excluding hydrogens is 333 g/mol. The van der Waals surface area contributed by atoms with Crippen molar-refractivity contribution < 1.29 is 13.5 Å². The van der Waals surface area contributed by atoms with Gasteiger partial charge in [-0.25, -0.2) is 13.1 Å². The van der Waals surface area contributed by atoms with E-state index in [1.807, 2.05) is 0 Å². The van der Waals surface area contributed by atoms with Crippen molar-refractivity contribution in [3.05, 3.63) is 27.2 Å². The van der Waals surface area contributed by atoms with E-state index < -0.39 is 10.0 Å². The minimum atomic E-state index is -3.78. The van der Waals surface area contributed by atoms with Crippen LogP contribution in [-0.2, 0) is 10.0 Å². The van der Waals surface area contributed by atoms with Gasteiger partial charge in [0.2, 0.25) is 10.0 Å². The summed E-state index contributed by atoms with van der Waals surface area (Å²) >= 11 is 17.5. The van der Waals surface area contributed by atoms with Crippen molar-refractivity contribution in [2.45, 2.75) is 23.8 Å². The fourth-order valence-electron chi connectivity index (χ4n) is 1.95. The second-order valence-corrected chi connectivity index (χ2v) is 7.50. The Bertz CT molecular complexity index is 562. The van der Waals surface area contributed by atoms with Crippen LogP contribution in [0, 0.1) is 5.92 Å². The molecule has 1 aromatic carbocycles. The topological polar surface area (TPSA) is 66.4 Å². The van der Waals surface area contributed by atoms with E-state index in [1.165, 1.54) is 12.1 Å². The molecule has 19 heavy (non-hydrogen) atoms. The third kappa shape index (κ3) is 3.54. The normalized spacial score (nSPS) is 23.2. The zero-order chi connectivity index (χ0) is 14.2. The maximum absolute atomic E-state index is 12.1. The van der Waals surface area contributed by atoms with E-state index in [9.17, 15) is 8.42 Å². The zero-order valence-electron chi connectivity index (χ0n) is 9.74. The molecule has 106 valence electrons. The van der Waals surface area contributed by atoms with Crippen molar-refractivity contribution >= 4 is 44.8 Å². The fraction of sp³-hybridized carbons (Fsp3) is 0.455. The summed E-state index contributed by atoms with van der Waals surface area (Å²) in [4.78, 5) is -0.167. The van der Waals surface area contributed by atoms with E-state index in [0.717, 1.165) is 0 Å². The third-order valence-corrected chi connectivity index (χ3v) is 5.57. The summed E-state index contributed by atoms with van der Waals surface area (Å²) in [5.41, 5.74) is 0. The summed E-state index contributed by atoms with van der Waals surface area (Å²) in [6.07, 6.45) is 0.882. The monoisotopic (exact) mass is 343 g/mol. The van der Waals surface area contributed by atoms with Crippen LogP contribution in [0.2, 0.25) is 15.1 Å². The molecule has 0 atom stereocenters. The molecule has 1 saturated carbocycles. The van der Waals surface area contributed by atoms with Crippen LogP contribution in [0.5, 0.6) is 0 Å². The molecular formula is C11H12Cl3NO3S. The Morgan fingerprint density at radius 3 is 2.21 bits per heavy atom. The molecule has 1 aliphatic carbocycles. The number of rotatable bonds is 4. The second kappa shape index (κ2) is 5.76. The van der Waals surface area contributed by atoms with Gasteiger partial charge < -0.3 is 5.11 Å². The van der Waals surface area contributed by atoms with Gasteiger partial charge in [0.15, 0.2) is 0 Å². The number of hydrogen-bond acceptors (Lipinski definition) is 3. The molecule has 0 amide bonds. The molecule has 0 saturated heterocycles. The first-order chi connectivity index (χ1) is 8.79. The fourth-order valence-corrected chi connectivity index (χ4v) is 4.61. The average molecular weight is 345 g/mol. The van der Waals surface area contributed by atoms with E-state index in [1.54, 1.807) is 0 Å². The number of halogens is 3. The quantitative estimate of drug-likeness (QED) is 0.882. The minimum absolute atomic E-state index is 0.0151. The molecule has 1 aromatic rings. The van der Waals surface area contributed by atoms with Crippen molar-refractivity contribution in [1.82, 2.24) is 4.72 Å². The van der Waals surface area contributed by atoms with Gasteiger partial charge in [-0.1, -0.05) is 34.8 Å². The van der Waals surface area contributed by atoms with Crippen molar-refractivity contribution in [2.24, 2.45) is 5.92 Å². The molecule has 2 N–H and O–H groups in total. The van der Waals surface area contributed by atoms with Crippen LogP contribution in [0.1, 0.15) is 12.8 Å². The largest absolute Gasteiger partial charge is 0.393 e. The van der Waals surface area contributed by atoms with E-state index in [4.69, 9.17) is 39.9 Å². The summed E-state index contributed by atoms with van der Waals surface area (Å²) in [5, 5.41) is 9.39. The molecule has 1 fully saturated rings. The van der Waals surface area contributed by atoms with Gasteiger partial charge in [-0.15, -0.1) is 0 Å². The number of sulfonamides is 1. The number of nitrogens with one attached hydrogen (secondary N) is 1. The molecule has 0 aromatic heterocycles. The number of hydrogen-bond donors (Lipinski definition) is 2. The Labute approximate surface area is 126 Å². The minimum Gasteiger partial charge on any atom is -0.393 e. The summed E-state index contributed by atoms with van der Waals surface area (Å²) in [7, 11) is -3.78. The predicted molar refractivity (Wildman–Crippen MR) is 75.4 cm³/mol. The Morgan fingerprint density at radius 1 is 1.21 bits per heavy atom. The Morgan fingerprint density at radius 2 is 1.74 bits per heavy atom. The van der Waals surface area contributed by atoms with Gasteiger partial charge in [0, 0.05) is 11.6 Å². The SMILES string of the molecule is O=S(=O)(NCC1CC(O)C1)c1c(Cl)cc(Cl)cc1Cl. The predicted octanol–water partition coefficient (Wildman–Crippen LogP) is 2.70. The summed E-state index contributed by atoms with van der Waals surface area (Å²) in [5.74, 6) is 0.148. The summed E-state index contributed by atoms with van der Waals surface area (Å²) in [6, 6.07) is 2.66. The molecule has 1 aliphatic rings. The molecule has 0 aliphatic heterocycles. The van der Waals surface area contributed by atoms with E-state index in [2.05, 4.69) is 4.72 Å². The van der Waals surface area contributed by atoms with Crippen molar-refractivity contribution in [2.75, 3.05) is 6.54 Å². The summed E-state index contributed by atoms with van der Waals surface area (Å²) in [6.45, 7) is 0.259. The molecule has 0 heterocycles. The van der Waals surface area contributed by atoms with Gasteiger partial charge in [0.25, 0.3) is 0 Å². The number of aliphatic hydroxyl groups excluding tert-OH is 1. The van der Waals surface area contributed by atoms with Crippen LogP contribution in [-0.4, -0.2) is 26.2 Å². The highest BCUT2D eigenvalue weighted by atomic mass is 35.5. The molecule has 8 heteroatoms. The van der Waals surface area contributed by atoms with Crippen LogP contribution in [0.15, 0.2) is 17.0 Å². The molecule has 0 radical (unpaired) electrons. The lowest BCUT2D eigenvalue weighted by molar-refractivity contribution is 0.0453. The Kier molecular flexibility index (Phi) is 4.65. The Balaban J connectivity index is 2.15.